The molecule has 0 saturated heterocycles. The minimum atomic E-state index is -0.218. The first-order valence-electron chi connectivity index (χ1n) is 9.54. The number of nitrogens with zero attached hydrogens (tertiary/aromatic N) is 6. The van der Waals surface area contributed by atoms with Crippen molar-refractivity contribution in [2.45, 2.75) is 39.0 Å². The van der Waals surface area contributed by atoms with Crippen LogP contribution in [0.1, 0.15) is 19.6 Å². The van der Waals surface area contributed by atoms with Gasteiger partial charge in [-0.25, -0.2) is 0 Å². The van der Waals surface area contributed by atoms with Gasteiger partial charge >= 0.3 is 0 Å². The predicted molar refractivity (Wildman–Crippen MR) is 111 cm³/mol. The number of amides is 1. The van der Waals surface area contributed by atoms with Crippen LogP contribution in [0.2, 0.25) is 0 Å². The number of thioether (sulfide) groups is 1. The Morgan fingerprint density at radius 1 is 1.33 bits per heavy atom. The van der Waals surface area contributed by atoms with Gasteiger partial charge in [-0.1, -0.05) is 16.9 Å². The van der Waals surface area contributed by atoms with Gasteiger partial charge in [-0.15, -0.1) is 15.3 Å². The smallest absolute Gasteiger partial charge is 0.243 e. The highest BCUT2D eigenvalue weighted by Gasteiger charge is 2.21. The molecule has 0 radical (unpaired) electrons. The average Bonchev–Trinajstić information content (AvgIpc) is 3.43. The monoisotopic (exact) mass is 435 g/mol. The van der Waals surface area contributed by atoms with Crippen molar-refractivity contribution in [1.29, 1.82) is 0 Å². The van der Waals surface area contributed by atoms with Crippen molar-refractivity contribution in [1.82, 2.24) is 29.7 Å². The molecular weight excluding hydrogens is 410 g/mol. The van der Waals surface area contributed by atoms with Crippen molar-refractivity contribution in [2.75, 3.05) is 31.4 Å². The van der Waals surface area contributed by atoms with Crippen LogP contribution in [-0.2, 0) is 22.6 Å². The number of ether oxygens (including phenoxy) is 2. The molecule has 1 amide bonds. The van der Waals surface area contributed by atoms with Crippen molar-refractivity contribution >= 4 is 23.5 Å². The Hall–Kier alpha value is -2.86. The second kappa shape index (κ2) is 10.3. The van der Waals surface area contributed by atoms with Crippen LogP contribution in [0.3, 0.4) is 0 Å². The van der Waals surface area contributed by atoms with Crippen molar-refractivity contribution in [3.05, 3.63) is 18.0 Å². The molecule has 0 aliphatic carbocycles. The van der Waals surface area contributed by atoms with Crippen LogP contribution in [0.25, 0.3) is 11.4 Å². The fourth-order valence-electron chi connectivity index (χ4n) is 2.68. The predicted octanol–water partition coefficient (Wildman–Crippen LogP) is 2.23. The first kappa shape index (κ1) is 21.8. The third-order valence-electron chi connectivity index (χ3n) is 4.04. The fraction of sp³-hybridized carbons (Fsp3) is 0.500. The Kier molecular flexibility index (Phi) is 7.46. The average molecular weight is 436 g/mol. The molecule has 0 fully saturated rings. The van der Waals surface area contributed by atoms with E-state index < -0.39 is 0 Å². The number of nitrogens with one attached hydrogen (secondary N) is 1. The van der Waals surface area contributed by atoms with Crippen LogP contribution in [0, 0.1) is 6.92 Å². The lowest BCUT2D eigenvalue weighted by atomic mass is 10.3. The molecular formula is C18H25N7O4S. The summed E-state index contributed by atoms with van der Waals surface area (Å²) < 4.78 is 19.6. The SMILES string of the molecule is CCOc1nn(CC)cc1-c1nnc(SCC(=O)Nc2cc(C)on2)n1CCOC. The summed E-state index contributed by atoms with van der Waals surface area (Å²) in [5.41, 5.74) is 0.747. The van der Waals surface area contributed by atoms with E-state index in [-0.39, 0.29) is 11.7 Å². The molecule has 0 aliphatic heterocycles. The van der Waals surface area contributed by atoms with Gasteiger partial charge < -0.3 is 19.3 Å². The van der Waals surface area contributed by atoms with Crippen LogP contribution in [0.5, 0.6) is 5.88 Å². The quantitative estimate of drug-likeness (QED) is 0.452. The first-order chi connectivity index (χ1) is 14.5. The van der Waals surface area contributed by atoms with E-state index in [4.69, 9.17) is 14.0 Å². The summed E-state index contributed by atoms with van der Waals surface area (Å²) in [6.45, 7) is 7.84. The molecule has 12 heteroatoms. The van der Waals surface area contributed by atoms with Gasteiger partial charge in [0.25, 0.3) is 0 Å². The molecule has 162 valence electrons. The standard InChI is InChI=1S/C18H25N7O4S/c1-5-24-10-13(17(22-24)28-6-2)16-20-21-18(25(16)7-8-27-4)30-11-15(26)19-14-9-12(3)29-23-14/h9-10H,5-8,11H2,1-4H3,(H,19,23,26). The van der Waals surface area contributed by atoms with Crippen molar-refractivity contribution in [2.24, 2.45) is 0 Å². The molecule has 0 atom stereocenters. The van der Waals surface area contributed by atoms with Crippen LogP contribution >= 0.6 is 11.8 Å². The first-order valence-corrected chi connectivity index (χ1v) is 10.5. The Morgan fingerprint density at radius 3 is 2.83 bits per heavy atom. The number of carbonyl (C=O) groups is 1. The van der Waals surface area contributed by atoms with E-state index in [0.717, 1.165) is 5.56 Å². The van der Waals surface area contributed by atoms with Gasteiger partial charge in [0.1, 0.15) is 11.3 Å². The molecule has 0 saturated carbocycles. The lowest BCUT2D eigenvalue weighted by Gasteiger charge is -2.09. The molecule has 3 aromatic heterocycles. The maximum Gasteiger partial charge on any atom is 0.243 e. The third kappa shape index (κ3) is 5.19. The number of anilines is 1. The third-order valence-corrected chi connectivity index (χ3v) is 5.00. The summed E-state index contributed by atoms with van der Waals surface area (Å²) in [4.78, 5) is 12.2. The van der Waals surface area contributed by atoms with Crippen LogP contribution in [0.4, 0.5) is 5.82 Å². The molecule has 1 N–H and O–H groups in total. The summed E-state index contributed by atoms with van der Waals surface area (Å²) in [6, 6.07) is 1.66. The van der Waals surface area contributed by atoms with Crippen LogP contribution in [0.15, 0.2) is 21.9 Å². The van der Waals surface area contributed by atoms with E-state index in [9.17, 15) is 4.79 Å². The number of methoxy groups -OCH3 is 1. The number of hydrogen-bond donors (Lipinski definition) is 1. The van der Waals surface area contributed by atoms with Crippen molar-refractivity contribution in [3.63, 3.8) is 0 Å². The minimum Gasteiger partial charge on any atom is -0.476 e. The zero-order valence-electron chi connectivity index (χ0n) is 17.4. The normalized spacial score (nSPS) is 11.1. The number of aromatic nitrogens is 6. The summed E-state index contributed by atoms with van der Waals surface area (Å²) in [6.07, 6.45) is 1.88. The maximum atomic E-state index is 12.2. The largest absolute Gasteiger partial charge is 0.476 e. The number of carbonyl (C=O) groups excluding carboxylic acids is 1. The van der Waals surface area contributed by atoms with Crippen LogP contribution < -0.4 is 10.1 Å². The van der Waals surface area contributed by atoms with E-state index in [1.54, 1.807) is 24.8 Å². The second-order valence-corrected chi connectivity index (χ2v) is 7.19. The maximum absolute atomic E-state index is 12.2. The zero-order valence-corrected chi connectivity index (χ0v) is 18.2. The highest BCUT2D eigenvalue weighted by molar-refractivity contribution is 7.99. The zero-order chi connectivity index (χ0) is 21.5. The Bertz CT molecular complexity index is 981. The molecule has 0 aliphatic rings. The Balaban J connectivity index is 1.79. The van der Waals surface area contributed by atoms with Gasteiger partial charge in [-0.3, -0.25) is 14.0 Å². The molecule has 11 nitrogen and oxygen atoms in total. The molecule has 0 spiro atoms. The highest BCUT2D eigenvalue weighted by Crippen LogP contribution is 2.30. The Labute approximate surface area is 178 Å². The summed E-state index contributed by atoms with van der Waals surface area (Å²) in [7, 11) is 1.63. The highest BCUT2D eigenvalue weighted by atomic mass is 32.2. The van der Waals surface area contributed by atoms with E-state index in [1.807, 2.05) is 24.6 Å². The molecule has 30 heavy (non-hydrogen) atoms. The summed E-state index contributed by atoms with van der Waals surface area (Å²) >= 11 is 1.27. The van der Waals surface area contributed by atoms with Gasteiger partial charge in [-0.2, -0.15) is 0 Å². The van der Waals surface area contributed by atoms with E-state index >= 15 is 0 Å². The van der Waals surface area contributed by atoms with Crippen molar-refractivity contribution in [3.8, 4) is 17.3 Å². The lowest BCUT2D eigenvalue weighted by molar-refractivity contribution is -0.113. The number of rotatable bonds is 11. The minimum absolute atomic E-state index is 0.142. The van der Waals surface area contributed by atoms with Gasteiger partial charge in [0.05, 0.1) is 25.5 Å². The molecule has 3 rings (SSSR count). The fourth-order valence-corrected chi connectivity index (χ4v) is 3.44. The van der Waals surface area contributed by atoms with Gasteiger partial charge in [0.15, 0.2) is 16.8 Å². The lowest BCUT2D eigenvalue weighted by Crippen LogP contribution is -2.15. The van der Waals surface area contributed by atoms with E-state index in [2.05, 4.69) is 25.8 Å². The van der Waals surface area contributed by atoms with Gasteiger partial charge in [0, 0.05) is 25.9 Å². The molecule has 3 aromatic rings. The van der Waals surface area contributed by atoms with Crippen LogP contribution in [-0.4, -0.2) is 61.7 Å². The van der Waals surface area contributed by atoms with Gasteiger partial charge in [-0.05, 0) is 20.8 Å². The van der Waals surface area contributed by atoms with E-state index in [1.165, 1.54) is 11.8 Å². The number of aryl methyl sites for hydroxylation is 2. The number of hydrogen-bond acceptors (Lipinski definition) is 9. The summed E-state index contributed by atoms with van der Waals surface area (Å²) in [5.74, 6) is 2.05. The topological polar surface area (TPSA) is 122 Å². The molecule has 0 aromatic carbocycles. The molecule has 3 heterocycles. The molecule has 0 unspecified atom stereocenters. The Morgan fingerprint density at radius 2 is 2.17 bits per heavy atom. The van der Waals surface area contributed by atoms with E-state index in [0.29, 0.717) is 54.7 Å². The van der Waals surface area contributed by atoms with Gasteiger partial charge in [0.2, 0.25) is 11.8 Å². The second-order valence-electron chi connectivity index (χ2n) is 6.25. The summed E-state index contributed by atoms with van der Waals surface area (Å²) in [5, 5.41) is 20.1. The molecule has 0 bridgehead atoms. The van der Waals surface area contributed by atoms with Crippen molar-refractivity contribution < 1.29 is 18.8 Å².